The van der Waals surface area contributed by atoms with Crippen molar-refractivity contribution in [2.75, 3.05) is 7.05 Å². The van der Waals surface area contributed by atoms with E-state index < -0.39 is 0 Å². The summed E-state index contributed by atoms with van der Waals surface area (Å²) in [6, 6.07) is 7.79. The minimum Gasteiger partial charge on any atom is -0.336 e. The van der Waals surface area contributed by atoms with Crippen LogP contribution in [-0.2, 0) is 6.54 Å². The van der Waals surface area contributed by atoms with Crippen molar-refractivity contribution in [2.24, 2.45) is 0 Å². The first-order valence-electron chi connectivity index (χ1n) is 7.37. The number of aryl methyl sites for hydroxylation is 3. The zero-order chi connectivity index (χ0) is 16.6. The summed E-state index contributed by atoms with van der Waals surface area (Å²) in [7, 11) is 1.80. The maximum absolute atomic E-state index is 12.9. The predicted octanol–water partition coefficient (Wildman–Crippen LogP) is 3.28. The number of carbonyl (C=O) groups excluding carboxylic acids is 1. The van der Waals surface area contributed by atoms with Gasteiger partial charge in [-0.05, 0) is 43.9 Å². The third kappa shape index (κ3) is 2.94. The highest BCUT2D eigenvalue weighted by Gasteiger charge is 2.18. The zero-order valence-corrected chi connectivity index (χ0v) is 14.4. The summed E-state index contributed by atoms with van der Waals surface area (Å²) < 4.78 is 3.93. The molecule has 6 heteroatoms. The molecule has 2 aromatic heterocycles. The molecule has 0 N–H and O–H groups in total. The first-order chi connectivity index (χ1) is 11.0. The summed E-state index contributed by atoms with van der Waals surface area (Å²) in [5.74, 6) is -0.0149. The quantitative estimate of drug-likeness (QED) is 0.741. The fraction of sp³-hybridized carbons (Fsp3) is 0.294. The van der Waals surface area contributed by atoms with Gasteiger partial charge in [0.1, 0.15) is 0 Å². The Balaban J connectivity index is 2.00. The highest BCUT2D eigenvalue weighted by molar-refractivity contribution is 7.05. The number of pyridine rings is 1. The first-order valence-corrected chi connectivity index (χ1v) is 8.15. The topological polar surface area (TPSA) is 59.0 Å². The third-order valence-corrected chi connectivity index (χ3v) is 4.68. The number of nitrogens with zero attached hydrogens (tertiary/aromatic N) is 4. The van der Waals surface area contributed by atoms with Crippen LogP contribution in [-0.4, -0.2) is 32.4 Å². The molecule has 0 fully saturated rings. The van der Waals surface area contributed by atoms with Gasteiger partial charge in [0, 0.05) is 18.1 Å². The summed E-state index contributed by atoms with van der Waals surface area (Å²) in [5, 5.41) is 4.89. The smallest absolute Gasteiger partial charge is 0.254 e. The molecule has 1 amide bonds. The van der Waals surface area contributed by atoms with Gasteiger partial charge in [-0.15, -0.1) is 5.10 Å². The Hall–Kier alpha value is -2.34. The summed E-state index contributed by atoms with van der Waals surface area (Å²) in [4.78, 5) is 20.2. The zero-order valence-electron chi connectivity index (χ0n) is 13.6. The summed E-state index contributed by atoms with van der Waals surface area (Å²) in [6.07, 6.45) is 0. The van der Waals surface area contributed by atoms with Crippen LogP contribution in [0.2, 0.25) is 0 Å². The van der Waals surface area contributed by atoms with Crippen LogP contribution >= 0.6 is 11.5 Å². The van der Waals surface area contributed by atoms with Crippen molar-refractivity contribution in [3.05, 3.63) is 51.7 Å². The van der Waals surface area contributed by atoms with E-state index in [4.69, 9.17) is 0 Å². The fourth-order valence-corrected chi connectivity index (χ4v) is 3.27. The summed E-state index contributed by atoms with van der Waals surface area (Å²) in [6.45, 7) is 6.35. The molecule has 3 aromatic rings. The third-order valence-electron chi connectivity index (χ3n) is 3.87. The molecule has 0 saturated carbocycles. The molecule has 0 bridgehead atoms. The molecule has 3 rings (SSSR count). The molecular weight excluding hydrogens is 308 g/mol. The molecule has 23 heavy (non-hydrogen) atoms. The Morgan fingerprint density at radius 2 is 2.04 bits per heavy atom. The van der Waals surface area contributed by atoms with Crippen LogP contribution in [0.5, 0.6) is 0 Å². The van der Waals surface area contributed by atoms with E-state index in [1.807, 2.05) is 45.0 Å². The summed E-state index contributed by atoms with van der Waals surface area (Å²) >= 11 is 1.33. The van der Waals surface area contributed by atoms with Gasteiger partial charge < -0.3 is 4.90 Å². The van der Waals surface area contributed by atoms with Crippen molar-refractivity contribution in [1.82, 2.24) is 19.5 Å². The lowest BCUT2D eigenvalue weighted by Gasteiger charge is -2.18. The number of rotatable bonds is 3. The molecule has 0 unspecified atom stereocenters. The second-order valence-corrected chi connectivity index (χ2v) is 6.56. The highest BCUT2D eigenvalue weighted by atomic mass is 32.1. The molecular formula is C17H18N4OS. The molecule has 118 valence electrons. The molecule has 5 nitrogen and oxygen atoms in total. The molecule has 1 aromatic carbocycles. The second-order valence-electron chi connectivity index (χ2n) is 5.73. The van der Waals surface area contributed by atoms with Gasteiger partial charge in [0.15, 0.2) is 0 Å². The Labute approximate surface area is 139 Å². The standard InChI is InChI=1S/C17H18N4OS/c1-10-6-5-7-13-14(8-11(2)18-16(10)13)17(22)21(4)9-15-12(3)19-20-23-15/h5-8H,9H2,1-4H3. The number of para-hydroxylation sites is 1. The molecule has 0 radical (unpaired) electrons. The van der Waals surface area contributed by atoms with E-state index in [9.17, 15) is 4.79 Å². The Bertz CT molecular complexity index is 887. The van der Waals surface area contributed by atoms with Gasteiger partial charge in [0.05, 0.1) is 28.2 Å². The van der Waals surface area contributed by atoms with E-state index in [-0.39, 0.29) is 5.91 Å². The van der Waals surface area contributed by atoms with E-state index in [1.54, 1.807) is 11.9 Å². The van der Waals surface area contributed by atoms with Gasteiger partial charge in [0.25, 0.3) is 5.91 Å². The highest BCUT2D eigenvalue weighted by Crippen LogP contribution is 2.23. The van der Waals surface area contributed by atoms with Crippen LogP contribution < -0.4 is 0 Å². The first kappa shape index (κ1) is 15.6. The number of benzene rings is 1. The maximum atomic E-state index is 12.9. The number of carbonyl (C=O) groups is 1. The van der Waals surface area contributed by atoms with Crippen molar-refractivity contribution < 1.29 is 4.79 Å². The van der Waals surface area contributed by atoms with Gasteiger partial charge >= 0.3 is 0 Å². The lowest BCUT2D eigenvalue weighted by atomic mass is 10.0. The van der Waals surface area contributed by atoms with E-state index in [0.29, 0.717) is 12.1 Å². The molecule has 0 saturated heterocycles. The number of fused-ring (bicyclic) bond motifs is 1. The number of aromatic nitrogens is 3. The second kappa shape index (κ2) is 6.04. The van der Waals surface area contributed by atoms with Gasteiger partial charge in [-0.1, -0.05) is 22.7 Å². The van der Waals surface area contributed by atoms with Crippen molar-refractivity contribution in [3.8, 4) is 0 Å². The fourth-order valence-electron chi connectivity index (χ4n) is 2.59. The van der Waals surface area contributed by atoms with E-state index in [2.05, 4.69) is 14.6 Å². The summed E-state index contributed by atoms with van der Waals surface area (Å²) in [5.41, 5.74) is 4.37. The molecule has 2 heterocycles. The van der Waals surface area contributed by atoms with E-state index >= 15 is 0 Å². The molecule has 0 atom stereocenters. The molecule has 0 spiro atoms. The van der Waals surface area contributed by atoms with Crippen LogP contribution in [0.3, 0.4) is 0 Å². The van der Waals surface area contributed by atoms with E-state index in [1.165, 1.54) is 11.5 Å². The van der Waals surface area contributed by atoms with Crippen molar-refractivity contribution in [2.45, 2.75) is 27.3 Å². The van der Waals surface area contributed by atoms with Crippen molar-refractivity contribution in [1.29, 1.82) is 0 Å². The minimum absolute atomic E-state index is 0.0149. The normalized spacial score (nSPS) is 11.0. The van der Waals surface area contributed by atoms with Crippen LogP contribution in [0.15, 0.2) is 24.3 Å². The Kier molecular flexibility index (Phi) is 4.09. The van der Waals surface area contributed by atoms with Crippen LogP contribution in [0, 0.1) is 20.8 Å². The van der Waals surface area contributed by atoms with Crippen LogP contribution in [0.25, 0.3) is 10.9 Å². The Morgan fingerprint density at radius 1 is 1.26 bits per heavy atom. The van der Waals surface area contributed by atoms with Gasteiger partial charge in [-0.25, -0.2) is 0 Å². The minimum atomic E-state index is -0.0149. The van der Waals surface area contributed by atoms with Crippen molar-refractivity contribution in [3.63, 3.8) is 0 Å². The Morgan fingerprint density at radius 3 is 2.74 bits per heavy atom. The van der Waals surface area contributed by atoms with Gasteiger partial charge in [0.2, 0.25) is 0 Å². The van der Waals surface area contributed by atoms with Crippen LogP contribution in [0.1, 0.15) is 32.2 Å². The number of hydrogen-bond acceptors (Lipinski definition) is 5. The average molecular weight is 326 g/mol. The molecule has 0 aliphatic carbocycles. The monoisotopic (exact) mass is 326 g/mol. The SMILES string of the molecule is Cc1cc(C(=O)N(C)Cc2snnc2C)c2cccc(C)c2n1. The lowest BCUT2D eigenvalue weighted by molar-refractivity contribution is 0.0788. The largest absolute Gasteiger partial charge is 0.336 e. The predicted molar refractivity (Wildman–Crippen MR) is 91.7 cm³/mol. The van der Waals surface area contributed by atoms with Gasteiger partial charge in [-0.2, -0.15) is 0 Å². The number of amides is 1. The molecule has 0 aliphatic heterocycles. The van der Waals surface area contributed by atoms with Crippen LogP contribution in [0.4, 0.5) is 0 Å². The maximum Gasteiger partial charge on any atom is 0.254 e. The van der Waals surface area contributed by atoms with Crippen molar-refractivity contribution >= 4 is 28.3 Å². The average Bonchev–Trinajstić information content (AvgIpc) is 2.92. The molecule has 0 aliphatic rings. The lowest BCUT2D eigenvalue weighted by Crippen LogP contribution is -2.26. The van der Waals surface area contributed by atoms with E-state index in [0.717, 1.165) is 32.7 Å². The number of hydrogen-bond donors (Lipinski definition) is 0. The van der Waals surface area contributed by atoms with Gasteiger partial charge in [-0.3, -0.25) is 9.78 Å².